The van der Waals surface area contributed by atoms with Gasteiger partial charge < -0.3 is 19.5 Å². The van der Waals surface area contributed by atoms with Crippen molar-refractivity contribution in [2.24, 2.45) is 0 Å². The number of nitrogens with one attached hydrogen (secondary N) is 1. The van der Waals surface area contributed by atoms with Crippen LogP contribution in [-0.4, -0.2) is 45.3 Å². The van der Waals surface area contributed by atoms with Crippen LogP contribution in [0.2, 0.25) is 0 Å². The smallest absolute Gasteiger partial charge is 0.410 e. The molecule has 0 unspecified atom stereocenters. The first-order valence-electron chi connectivity index (χ1n) is 10.7. The van der Waals surface area contributed by atoms with Crippen LogP contribution in [0.5, 0.6) is 0 Å². The molecule has 1 aromatic heterocycles. The summed E-state index contributed by atoms with van der Waals surface area (Å²) in [5.41, 5.74) is 2.76. The maximum Gasteiger partial charge on any atom is 0.410 e. The van der Waals surface area contributed by atoms with Gasteiger partial charge in [-0.3, -0.25) is 0 Å². The lowest BCUT2D eigenvalue weighted by Crippen LogP contribution is -2.47. The van der Waals surface area contributed by atoms with Gasteiger partial charge in [-0.25, -0.2) is 9.78 Å². The summed E-state index contributed by atoms with van der Waals surface area (Å²) in [6.07, 6.45) is 1.67. The van der Waals surface area contributed by atoms with Crippen molar-refractivity contribution in [2.45, 2.75) is 51.8 Å². The lowest BCUT2D eigenvalue weighted by atomic mass is 10.1. The molecule has 0 bridgehead atoms. The number of para-hydroxylation sites is 2. The quantitative estimate of drug-likeness (QED) is 0.518. The number of anilines is 1. The van der Waals surface area contributed by atoms with Gasteiger partial charge in [0.1, 0.15) is 5.60 Å². The molecule has 0 saturated carbocycles. The van der Waals surface area contributed by atoms with E-state index in [4.69, 9.17) is 9.72 Å². The van der Waals surface area contributed by atoms with Crippen LogP contribution in [0.25, 0.3) is 11.0 Å². The SMILES string of the molecule is CC(C)(C)OC(=O)N1CCC[C@H](Nc2nc3ccccc3n2Cc2ccc(Br)cc2)C1. The average molecular weight is 485 g/mol. The highest BCUT2D eigenvalue weighted by molar-refractivity contribution is 9.10. The summed E-state index contributed by atoms with van der Waals surface area (Å²) < 4.78 is 8.85. The van der Waals surface area contributed by atoms with Gasteiger partial charge in [0.25, 0.3) is 0 Å². The van der Waals surface area contributed by atoms with Gasteiger partial charge in [-0.05, 0) is 63.4 Å². The van der Waals surface area contributed by atoms with Crippen molar-refractivity contribution in [1.82, 2.24) is 14.5 Å². The van der Waals surface area contributed by atoms with E-state index in [0.29, 0.717) is 6.54 Å². The molecule has 164 valence electrons. The summed E-state index contributed by atoms with van der Waals surface area (Å²) in [5.74, 6) is 0.833. The topological polar surface area (TPSA) is 59.4 Å². The lowest BCUT2D eigenvalue weighted by molar-refractivity contribution is 0.0206. The number of amides is 1. The third-order valence-electron chi connectivity index (χ3n) is 5.31. The summed E-state index contributed by atoms with van der Waals surface area (Å²) in [4.78, 5) is 19.2. The number of carbonyl (C=O) groups excluding carboxylic acids is 1. The fourth-order valence-corrected chi connectivity index (χ4v) is 4.15. The maximum absolute atomic E-state index is 12.5. The molecule has 2 heterocycles. The Balaban J connectivity index is 1.55. The summed E-state index contributed by atoms with van der Waals surface area (Å²) in [6.45, 7) is 7.75. The molecular formula is C24H29BrN4O2. The van der Waals surface area contributed by atoms with Crippen LogP contribution in [0.15, 0.2) is 53.0 Å². The largest absolute Gasteiger partial charge is 0.444 e. The number of carbonyl (C=O) groups is 1. The van der Waals surface area contributed by atoms with Crippen LogP contribution in [-0.2, 0) is 11.3 Å². The van der Waals surface area contributed by atoms with Gasteiger partial charge >= 0.3 is 6.09 Å². The number of piperidine rings is 1. The number of hydrogen-bond acceptors (Lipinski definition) is 4. The van der Waals surface area contributed by atoms with Gasteiger partial charge in [-0.15, -0.1) is 0 Å². The van der Waals surface area contributed by atoms with E-state index < -0.39 is 5.60 Å². The highest BCUT2D eigenvalue weighted by atomic mass is 79.9. The molecule has 1 N–H and O–H groups in total. The second-order valence-electron chi connectivity index (χ2n) is 9.05. The summed E-state index contributed by atoms with van der Waals surface area (Å²) >= 11 is 3.50. The number of fused-ring (bicyclic) bond motifs is 1. The highest BCUT2D eigenvalue weighted by Gasteiger charge is 2.28. The predicted octanol–water partition coefficient (Wildman–Crippen LogP) is 5.66. The number of ether oxygens (including phenoxy) is 1. The number of rotatable bonds is 4. The van der Waals surface area contributed by atoms with E-state index >= 15 is 0 Å². The van der Waals surface area contributed by atoms with E-state index in [-0.39, 0.29) is 12.1 Å². The first-order chi connectivity index (χ1) is 14.8. The maximum atomic E-state index is 12.5. The zero-order chi connectivity index (χ0) is 22.0. The minimum atomic E-state index is -0.490. The fourth-order valence-electron chi connectivity index (χ4n) is 3.89. The Morgan fingerprint density at radius 1 is 1.19 bits per heavy atom. The van der Waals surface area contributed by atoms with Crippen molar-refractivity contribution >= 4 is 39.0 Å². The van der Waals surface area contributed by atoms with Crippen LogP contribution in [0, 0.1) is 0 Å². The zero-order valence-corrected chi connectivity index (χ0v) is 19.9. The van der Waals surface area contributed by atoms with Crippen molar-refractivity contribution in [3.8, 4) is 0 Å². The van der Waals surface area contributed by atoms with Crippen molar-refractivity contribution in [1.29, 1.82) is 0 Å². The van der Waals surface area contributed by atoms with Gasteiger partial charge in [0.05, 0.1) is 17.6 Å². The normalized spacial score (nSPS) is 17.0. The van der Waals surface area contributed by atoms with E-state index in [9.17, 15) is 4.79 Å². The Bertz CT molecular complexity index is 1060. The molecule has 2 aromatic carbocycles. The summed E-state index contributed by atoms with van der Waals surface area (Å²) in [5, 5.41) is 3.61. The number of hydrogen-bond donors (Lipinski definition) is 1. The van der Waals surface area contributed by atoms with Crippen LogP contribution in [0.4, 0.5) is 10.7 Å². The number of halogens is 1. The van der Waals surface area contributed by atoms with Gasteiger partial charge in [-0.1, -0.05) is 40.2 Å². The molecule has 1 aliphatic heterocycles. The molecular weight excluding hydrogens is 456 g/mol. The molecule has 31 heavy (non-hydrogen) atoms. The molecule has 1 saturated heterocycles. The van der Waals surface area contributed by atoms with Crippen molar-refractivity contribution in [2.75, 3.05) is 18.4 Å². The Morgan fingerprint density at radius 3 is 2.68 bits per heavy atom. The van der Waals surface area contributed by atoms with Crippen LogP contribution < -0.4 is 5.32 Å². The zero-order valence-electron chi connectivity index (χ0n) is 18.3. The standard InChI is InChI=1S/C24H29BrN4O2/c1-24(2,3)31-23(30)28-14-6-7-19(16-28)26-22-27-20-8-4-5-9-21(20)29(22)15-17-10-12-18(25)13-11-17/h4-5,8-13,19H,6-7,14-16H2,1-3H3,(H,26,27)/t19-/m0/s1. The fraction of sp³-hybridized carbons (Fsp3) is 0.417. The molecule has 0 radical (unpaired) electrons. The molecule has 1 aliphatic rings. The van der Waals surface area contributed by atoms with Gasteiger partial charge in [0.15, 0.2) is 0 Å². The van der Waals surface area contributed by atoms with Gasteiger partial charge in [0.2, 0.25) is 5.95 Å². The highest BCUT2D eigenvalue weighted by Crippen LogP contribution is 2.24. The summed E-state index contributed by atoms with van der Waals surface area (Å²) in [6, 6.07) is 16.7. The van der Waals surface area contributed by atoms with Crippen molar-refractivity contribution < 1.29 is 9.53 Å². The Labute approximate surface area is 191 Å². The molecule has 7 heteroatoms. The molecule has 1 fully saturated rings. The number of aromatic nitrogens is 2. The van der Waals surface area contributed by atoms with Crippen molar-refractivity contribution in [3.05, 3.63) is 58.6 Å². The summed E-state index contributed by atoms with van der Waals surface area (Å²) in [7, 11) is 0. The Morgan fingerprint density at radius 2 is 1.94 bits per heavy atom. The molecule has 1 amide bonds. The van der Waals surface area contributed by atoms with E-state index in [2.05, 4.69) is 56.1 Å². The van der Waals surface area contributed by atoms with E-state index in [1.807, 2.05) is 39.0 Å². The van der Waals surface area contributed by atoms with Crippen LogP contribution >= 0.6 is 15.9 Å². The average Bonchev–Trinajstić information content (AvgIpc) is 3.06. The predicted molar refractivity (Wildman–Crippen MR) is 127 cm³/mol. The van der Waals surface area contributed by atoms with E-state index in [1.54, 1.807) is 4.90 Å². The third kappa shape index (κ3) is 5.39. The van der Waals surface area contributed by atoms with Gasteiger partial charge in [0, 0.05) is 23.6 Å². The van der Waals surface area contributed by atoms with E-state index in [0.717, 1.165) is 47.4 Å². The monoisotopic (exact) mass is 484 g/mol. The second kappa shape index (κ2) is 8.91. The number of imidazole rings is 1. The third-order valence-corrected chi connectivity index (χ3v) is 5.84. The molecule has 3 aromatic rings. The van der Waals surface area contributed by atoms with Crippen LogP contribution in [0.3, 0.4) is 0 Å². The number of benzene rings is 2. The van der Waals surface area contributed by atoms with Crippen molar-refractivity contribution in [3.63, 3.8) is 0 Å². The molecule has 0 aliphatic carbocycles. The minimum absolute atomic E-state index is 0.127. The Hall–Kier alpha value is -2.54. The number of likely N-dealkylation sites (tertiary alicyclic amines) is 1. The molecule has 0 spiro atoms. The first-order valence-corrected chi connectivity index (χ1v) is 11.5. The van der Waals surface area contributed by atoms with Gasteiger partial charge in [-0.2, -0.15) is 0 Å². The molecule has 4 rings (SSSR count). The second-order valence-corrected chi connectivity index (χ2v) is 9.96. The number of nitrogens with zero attached hydrogens (tertiary/aromatic N) is 3. The van der Waals surface area contributed by atoms with Crippen LogP contribution in [0.1, 0.15) is 39.2 Å². The van der Waals surface area contributed by atoms with E-state index in [1.165, 1.54) is 5.56 Å². The molecule has 1 atom stereocenters. The molecule has 6 nitrogen and oxygen atoms in total. The Kier molecular flexibility index (Phi) is 6.23. The minimum Gasteiger partial charge on any atom is -0.444 e. The lowest BCUT2D eigenvalue weighted by Gasteiger charge is -2.34. The first kappa shape index (κ1) is 21.7.